The molecule has 1 amide bonds. The molecule has 0 atom stereocenters. The Hall–Kier alpha value is -1.99. The van der Waals surface area contributed by atoms with Crippen LogP contribution in [0.15, 0.2) is 24.3 Å². The third kappa shape index (κ3) is 4.48. The lowest BCUT2D eigenvalue weighted by Crippen LogP contribution is -2.25. The normalized spacial score (nSPS) is 9.28. The van der Waals surface area contributed by atoms with Crippen LogP contribution in [0.4, 0.5) is 4.79 Å². The maximum Gasteiger partial charge on any atom is 0.409 e. The molecule has 0 fully saturated rings. The largest absolute Gasteiger partial charge is 0.453 e. The number of aliphatic hydroxyl groups is 1. The lowest BCUT2D eigenvalue weighted by molar-refractivity contribution is 0.131. The third-order valence-electron chi connectivity index (χ3n) is 2.33. The van der Waals surface area contributed by atoms with Crippen LogP contribution in [0.2, 0.25) is 0 Å². The molecule has 0 aliphatic rings. The molecule has 0 saturated heterocycles. The first-order valence-corrected chi connectivity index (χ1v) is 5.65. The van der Waals surface area contributed by atoms with E-state index in [-0.39, 0.29) is 12.7 Å². The monoisotopic (exact) mass is 247 g/mol. The van der Waals surface area contributed by atoms with Gasteiger partial charge in [-0.3, -0.25) is 0 Å². The van der Waals surface area contributed by atoms with Crippen LogP contribution in [0.3, 0.4) is 0 Å². The van der Waals surface area contributed by atoms with Gasteiger partial charge in [-0.1, -0.05) is 24.0 Å². The van der Waals surface area contributed by atoms with E-state index >= 15 is 0 Å². The molecule has 0 aromatic heterocycles. The van der Waals surface area contributed by atoms with Gasteiger partial charge in [-0.05, 0) is 17.7 Å². The van der Waals surface area contributed by atoms with Gasteiger partial charge in [-0.25, -0.2) is 4.79 Å². The molecule has 4 heteroatoms. The van der Waals surface area contributed by atoms with Crippen molar-refractivity contribution in [3.8, 4) is 11.8 Å². The fourth-order valence-corrected chi connectivity index (χ4v) is 1.41. The van der Waals surface area contributed by atoms with Gasteiger partial charge in [-0.15, -0.1) is 0 Å². The van der Waals surface area contributed by atoms with Crippen molar-refractivity contribution in [1.82, 2.24) is 4.90 Å². The van der Waals surface area contributed by atoms with Gasteiger partial charge in [0, 0.05) is 25.6 Å². The fraction of sp³-hybridized carbons (Fsp3) is 0.357. The van der Waals surface area contributed by atoms with Crippen LogP contribution in [0.1, 0.15) is 17.5 Å². The van der Waals surface area contributed by atoms with Gasteiger partial charge in [0.2, 0.25) is 0 Å². The molecule has 18 heavy (non-hydrogen) atoms. The van der Waals surface area contributed by atoms with Gasteiger partial charge >= 0.3 is 6.09 Å². The van der Waals surface area contributed by atoms with E-state index in [4.69, 9.17) is 5.11 Å². The summed E-state index contributed by atoms with van der Waals surface area (Å²) in [5, 5.41) is 8.61. The smallest absolute Gasteiger partial charge is 0.409 e. The number of carbonyl (C=O) groups excluding carboxylic acids is 1. The number of hydrogen-bond donors (Lipinski definition) is 1. The molecule has 1 rings (SSSR count). The molecular weight excluding hydrogens is 230 g/mol. The lowest BCUT2D eigenvalue weighted by Gasteiger charge is -2.15. The number of benzene rings is 1. The molecule has 1 N–H and O–H groups in total. The number of amides is 1. The molecule has 1 aromatic rings. The summed E-state index contributed by atoms with van der Waals surface area (Å²) in [7, 11) is 3.04. The molecule has 0 aliphatic carbocycles. The van der Waals surface area contributed by atoms with Gasteiger partial charge in [0.05, 0.1) is 13.7 Å². The highest BCUT2D eigenvalue weighted by Gasteiger charge is 2.07. The predicted molar refractivity (Wildman–Crippen MR) is 68.9 cm³/mol. The van der Waals surface area contributed by atoms with Gasteiger partial charge in [-0.2, -0.15) is 0 Å². The van der Waals surface area contributed by atoms with Crippen molar-refractivity contribution in [2.75, 3.05) is 20.8 Å². The van der Waals surface area contributed by atoms with Crippen molar-refractivity contribution in [2.45, 2.75) is 13.0 Å². The number of methoxy groups -OCH3 is 1. The van der Waals surface area contributed by atoms with Crippen molar-refractivity contribution >= 4 is 6.09 Å². The van der Waals surface area contributed by atoms with E-state index in [1.165, 1.54) is 12.0 Å². The van der Waals surface area contributed by atoms with Crippen LogP contribution in [0, 0.1) is 11.8 Å². The molecule has 4 nitrogen and oxygen atoms in total. The second-order valence-corrected chi connectivity index (χ2v) is 3.80. The number of ether oxygens (including phenoxy) is 1. The minimum absolute atomic E-state index is 0.0784. The summed E-state index contributed by atoms with van der Waals surface area (Å²) < 4.78 is 4.61. The second kappa shape index (κ2) is 7.36. The highest BCUT2D eigenvalue weighted by atomic mass is 16.5. The standard InChI is InChI=1S/C14H17NO3/c1-15(14(17)18-2)11-13-8-6-12(7-9-13)5-3-4-10-16/h6-9,16H,4,10-11H2,1-2H3. The average Bonchev–Trinajstić information content (AvgIpc) is 2.40. The molecule has 0 saturated carbocycles. The lowest BCUT2D eigenvalue weighted by atomic mass is 10.1. The molecular formula is C14H17NO3. The number of hydrogen-bond acceptors (Lipinski definition) is 3. The van der Waals surface area contributed by atoms with Gasteiger partial charge in [0.1, 0.15) is 0 Å². The summed E-state index contributed by atoms with van der Waals surface area (Å²) in [6.07, 6.45) is 0.120. The topological polar surface area (TPSA) is 49.8 Å². The second-order valence-electron chi connectivity index (χ2n) is 3.80. The van der Waals surface area contributed by atoms with E-state index in [2.05, 4.69) is 16.6 Å². The maximum atomic E-state index is 11.2. The Bertz CT molecular complexity index is 442. The van der Waals surface area contributed by atoms with Crippen molar-refractivity contribution in [2.24, 2.45) is 0 Å². The molecule has 0 spiro atoms. The molecule has 0 radical (unpaired) electrons. The van der Waals surface area contributed by atoms with E-state index in [1.54, 1.807) is 7.05 Å². The Labute approximate surface area is 107 Å². The van der Waals surface area contributed by atoms with E-state index in [0.717, 1.165) is 11.1 Å². The van der Waals surface area contributed by atoms with E-state index in [9.17, 15) is 4.79 Å². The Kier molecular flexibility index (Phi) is 5.75. The van der Waals surface area contributed by atoms with E-state index in [1.807, 2.05) is 24.3 Å². The SMILES string of the molecule is COC(=O)N(C)Cc1ccc(C#CCCO)cc1. The zero-order chi connectivity index (χ0) is 13.4. The van der Waals surface area contributed by atoms with Crippen LogP contribution in [-0.2, 0) is 11.3 Å². The molecule has 1 aromatic carbocycles. The van der Waals surface area contributed by atoms with Gasteiger partial charge in [0.25, 0.3) is 0 Å². The molecule has 0 unspecified atom stereocenters. The van der Waals surface area contributed by atoms with Crippen LogP contribution in [0.5, 0.6) is 0 Å². The number of rotatable bonds is 3. The Balaban J connectivity index is 2.61. The Morgan fingerprint density at radius 3 is 2.61 bits per heavy atom. The molecule has 0 heterocycles. The number of carbonyl (C=O) groups is 1. The van der Waals surface area contributed by atoms with Crippen LogP contribution >= 0.6 is 0 Å². The number of aliphatic hydroxyl groups excluding tert-OH is 1. The first-order chi connectivity index (χ1) is 8.67. The van der Waals surface area contributed by atoms with E-state index < -0.39 is 0 Å². The fourth-order valence-electron chi connectivity index (χ4n) is 1.41. The summed E-state index contributed by atoms with van der Waals surface area (Å²) in [6, 6.07) is 7.63. The highest BCUT2D eigenvalue weighted by molar-refractivity contribution is 5.67. The zero-order valence-corrected chi connectivity index (χ0v) is 10.6. The quantitative estimate of drug-likeness (QED) is 0.826. The first-order valence-electron chi connectivity index (χ1n) is 5.65. The summed E-state index contributed by atoms with van der Waals surface area (Å²) in [5.41, 5.74) is 1.91. The summed E-state index contributed by atoms with van der Waals surface area (Å²) in [6.45, 7) is 0.575. The zero-order valence-electron chi connectivity index (χ0n) is 10.6. The maximum absolute atomic E-state index is 11.2. The Morgan fingerprint density at radius 2 is 2.06 bits per heavy atom. The first kappa shape index (κ1) is 14.1. The molecule has 0 bridgehead atoms. The Morgan fingerprint density at radius 1 is 1.39 bits per heavy atom. The van der Waals surface area contributed by atoms with Crippen LogP contribution in [-0.4, -0.2) is 36.9 Å². The van der Waals surface area contributed by atoms with Crippen molar-refractivity contribution in [3.63, 3.8) is 0 Å². The van der Waals surface area contributed by atoms with Crippen LogP contribution < -0.4 is 0 Å². The van der Waals surface area contributed by atoms with Crippen molar-refractivity contribution in [1.29, 1.82) is 0 Å². The van der Waals surface area contributed by atoms with Crippen molar-refractivity contribution in [3.05, 3.63) is 35.4 Å². The summed E-state index contributed by atoms with van der Waals surface area (Å²) in [4.78, 5) is 12.7. The third-order valence-corrected chi connectivity index (χ3v) is 2.33. The number of nitrogens with zero attached hydrogens (tertiary/aromatic N) is 1. The summed E-state index contributed by atoms with van der Waals surface area (Å²) in [5.74, 6) is 5.80. The summed E-state index contributed by atoms with van der Waals surface area (Å²) >= 11 is 0. The molecule has 96 valence electrons. The average molecular weight is 247 g/mol. The minimum atomic E-state index is -0.359. The van der Waals surface area contributed by atoms with Crippen molar-refractivity contribution < 1.29 is 14.6 Å². The van der Waals surface area contributed by atoms with Gasteiger partial charge < -0.3 is 14.7 Å². The highest BCUT2D eigenvalue weighted by Crippen LogP contribution is 2.06. The molecule has 0 aliphatic heterocycles. The predicted octanol–water partition coefficient (Wildman–Crippen LogP) is 1.62. The van der Waals surface area contributed by atoms with Crippen LogP contribution in [0.25, 0.3) is 0 Å². The van der Waals surface area contributed by atoms with Gasteiger partial charge in [0.15, 0.2) is 0 Å². The minimum Gasteiger partial charge on any atom is -0.453 e. The van der Waals surface area contributed by atoms with E-state index in [0.29, 0.717) is 13.0 Å².